The van der Waals surface area contributed by atoms with E-state index in [9.17, 15) is 0 Å². The van der Waals surface area contributed by atoms with Crippen LogP contribution >= 0.6 is 0 Å². The van der Waals surface area contributed by atoms with E-state index in [-0.39, 0.29) is 0 Å². The number of benzene rings is 1. The van der Waals surface area contributed by atoms with E-state index in [1.165, 1.54) is 0 Å². The van der Waals surface area contributed by atoms with Crippen molar-refractivity contribution in [2.24, 2.45) is 0 Å². The van der Waals surface area contributed by atoms with E-state index in [0.29, 0.717) is 30.0 Å². The second kappa shape index (κ2) is 6.43. The van der Waals surface area contributed by atoms with Gasteiger partial charge in [0.05, 0.1) is 19.9 Å². The molecule has 0 bridgehead atoms. The van der Waals surface area contributed by atoms with Gasteiger partial charge in [-0.05, 0) is 12.1 Å². The first-order valence-corrected chi connectivity index (χ1v) is 6.54. The van der Waals surface area contributed by atoms with Crippen LogP contribution in [-0.2, 0) is 6.54 Å². The third-order valence-corrected chi connectivity index (χ3v) is 2.88. The topological polar surface area (TPSA) is 56.5 Å². The first-order chi connectivity index (χ1) is 9.65. The van der Waals surface area contributed by atoms with Gasteiger partial charge in [0.1, 0.15) is 23.3 Å². The van der Waals surface area contributed by atoms with Crippen molar-refractivity contribution in [1.29, 1.82) is 0 Å². The van der Waals surface area contributed by atoms with Crippen molar-refractivity contribution >= 4 is 0 Å². The molecule has 5 nitrogen and oxygen atoms in total. The average Bonchev–Trinajstić information content (AvgIpc) is 2.92. The van der Waals surface area contributed by atoms with Crippen LogP contribution in [0.1, 0.15) is 19.5 Å². The van der Waals surface area contributed by atoms with Crippen LogP contribution in [0.25, 0.3) is 11.5 Å². The monoisotopic (exact) mass is 276 g/mol. The van der Waals surface area contributed by atoms with Gasteiger partial charge in [-0.2, -0.15) is 0 Å². The van der Waals surface area contributed by atoms with Gasteiger partial charge in [-0.1, -0.05) is 19.9 Å². The number of nitrogens with zero attached hydrogens (tertiary/aromatic N) is 1. The van der Waals surface area contributed by atoms with E-state index < -0.39 is 0 Å². The smallest absolute Gasteiger partial charge is 0.233 e. The maximum absolute atomic E-state index is 5.56. The molecular weight excluding hydrogens is 256 g/mol. The molecule has 0 aliphatic rings. The maximum Gasteiger partial charge on any atom is 0.233 e. The van der Waals surface area contributed by atoms with Crippen LogP contribution in [-0.4, -0.2) is 25.2 Å². The van der Waals surface area contributed by atoms with Crippen molar-refractivity contribution in [2.75, 3.05) is 14.2 Å². The minimum Gasteiger partial charge on any atom is -0.496 e. The van der Waals surface area contributed by atoms with E-state index in [1.54, 1.807) is 20.5 Å². The lowest BCUT2D eigenvalue weighted by Crippen LogP contribution is -2.21. The predicted octanol–water partition coefficient (Wildman–Crippen LogP) is 2.86. The Morgan fingerprint density at radius 1 is 1.20 bits per heavy atom. The average molecular weight is 276 g/mol. The van der Waals surface area contributed by atoms with E-state index in [4.69, 9.17) is 13.9 Å². The molecule has 1 N–H and O–H groups in total. The van der Waals surface area contributed by atoms with Crippen molar-refractivity contribution < 1.29 is 13.9 Å². The Morgan fingerprint density at radius 3 is 2.40 bits per heavy atom. The zero-order valence-corrected chi connectivity index (χ0v) is 12.3. The number of aromatic nitrogens is 1. The zero-order chi connectivity index (χ0) is 14.5. The molecule has 0 aliphatic heterocycles. The van der Waals surface area contributed by atoms with Gasteiger partial charge < -0.3 is 19.2 Å². The summed E-state index contributed by atoms with van der Waals surface area (Å²) in [7, 11) is 3.23. The van der Waals surface area contributed by atoms with Gasteiger partial charge in [0, 0.05) is 12.6 Å². The highest BCUT2D eigenvalue weighted by Gasteiger charge is 2.17. The highest BCUT2D eigenvalue weighted by atomic mass is 16.5. The van der Waals surface area contributed by atoms with Gasteiger partial charge in [0.2, 0.25) is 5.89 Å². The minimum absolute atomic E-state index is 0.399. The molecule has 1 aromatic heterocycles. The summed E-state index contributed by atoms with van der Waals surface area (Å²) in [5.74, 6) is 1.85. The minimum atomic E-state index is 0.399. The zero-order valence-electron chi connectivity index (χ0n) is 12.3. The molecule has 0 unspecified atom stereocenters. The normalized spacial score (nSPS) is 10.8. The van der Waals surface area contributed by atoms with Crippen LogP contribution in [0.5, 0.6) is 11.5 Å². The van der Waals surface area contributed by atoms with E-state index >= 15 is 0 Å². The van der Waals surface area contributed by atoms with Crippen molar-refractivity contribution in [3.05, 3.63) is 30.2 Å². The van der Waals surface area contributed by atoms with Gasteiger partial charge >= 0.3 is 0 Å². The lowest BCUT2D eigenvalue weighted by atomic mass is 10.1. The van der Waals surface area contributed by atoms with Crippen LogP contribution in [0.4, 0.5) is 0 Å². The number of ether oxygens (including phenoxy) is 2. The second-order valence-corrected chi connectivity index (χ2v) is 4.72. The summed E-state index contributed by atoms with van der Waals surface area (Å²) in [5.41, 5.74) is 1.58. The molecule has 0 atom stereocenters. The molecule has 2 rings (SSSR count). The van der Waals surface area contributed by atoms with Crippen molar-refractivity contribution in [2.45, 2.75) is 26.4 Å². The van der Waals surface area contributed by atoms with Crippen molar-refractivity contribution in [3.63, 3.8) is 0 Å². The number of nitrogens with one attached hydrogen (secondary N) is 1. The molecule has 0 saturated heterocycles. The number of methoxy groups -OCH3 is 2. The van der Waals surface area contributed by atoms with Gasteiger partial charge in [0.25, 0.3) is 0 Å². The molecule has 1 aromatic carbocycles. The van der Waals surface area contributed by atoms with Crippen LogP contribution in [0.2, 0.25) is 0 Å². The summed E-state index contributed by atoms with van der Waals surface area (Å²) >= 11 is 0. The summed E-state index contributed by atoms with van der Waals surface area (Å²) in [6.07, 6.45) is 1.65. The Hall–Kier alpha value is -2.01. The maximum atomic E-state index is 5.56. The van der Waals surface area contributed by atoms with Crippen molar-refractivity contribution in [1.82, 2.24) is 10.3 Å². The highest BCUT2D eigenvalue weighted by molar-refractivity contribution is 5.70. The largest absolute Gasteiger partial charge is 0.496 e. The van der Waals surface area contributed by atoms with Gasteiger partial charge in [-0.25, -0.2) is 4.98 Å². The predicted molar refractivity (Wildman–Crippen MR) is 77.0 cm³/mol. The first-order valence-electron chi connectivity index (χ1n) is 6.54. The Labute approximate surface area is 118 Å². The van der Waals surface area contributed by atoms with E-state index in [2.05, 4.69) is 24.1 Å². The molecule has 0 spiro atoms. The highest BCUT2D eigenvalue weighted by Crippen LogP contribution is 2.37. The summed E-state index contributed by atoms with van der Waals surface area (Å²) in [5, 5.41) is 3.30. The summed E-state index contributed by atoms with van der Waals surface area (Å²) < 4.78 is 16.3. The van der Waals surface area contributed by atoms with Gasteiger partial charge in [0.15, 0.2) is 0 Å². The molecule has 0 saturated carbocycles. The molecule has 20 heavy (non-hydrogen) atoms. The quantitative estimate of drug-likeness (QED) is 0.879. The number of rotatable bonds is 6. The third-order valence-electron chi connectivity index (χ3n) is 2.88. The standard InChI is InChI=1S/C15H20N2O3/c1-10(2)16-8-11-9-20-15(17-11)14-12(18-3)6-5-7-13(14)19-4/h5-7,9-10,16H,8H2,1-4H3. The molecule has 0 amide bonds. The van der Waals surface area contributed by atoms with Crippen LogP contribution < -0.4 is 14.8 Å². The molecule has 1 heterocycles. The second-order valence-electron chi connectivity index (χ2n) is 4.72. The molecule has 0 aliphatic carbocycles. The molecule has 0 fully saturated rings. The van der Waals surface area contributed by atoms with E-state index in [1.807, 2.05) is 18.2 Å². The lowest BCUT2D eigenvalue weighted by Gasteiger charge is -2.09. The van der Waals surface area contributed by atoms with E-state index in [0.717, 1.165) is 11.3 Å². The Morgan fingerprint density at radius 2 is 1.85 bits per heavy atom. The summed E-state index contributed by atoms with van der Waals surface area (Å²) in [6.45, 7) is 4.84. The number of oxazole rings is 1. The number of hydrogen-bond donors (Lipinski definition) is 1. The Balaban J connectivity index is 2.32. The molecule has 2 aromatic rings. The van der Waals surface area contributed by atoms with Gasteiger partial charge in [-0.15, -0.1) is 0 Å². The first kappa shape index (κ1) is 14.4. The Bertz CT molecular complexity index is 542. The third kappa shape index (κ3) is 3.11. The lowest BCUT2D eigenvalue weighted by molar-refractivity contribution is 0.394. The van der Waals surface area contributed by atoms with Gasteiger partial charge in [-0.3, -0.25) is 0 Å². The summed E-state index contributed by atoms with van der Waals surface area (Å²) in [4.78, 5) is 4.48. The molecule has 108 valence electrons. The number of hydrogen-bond acceptors (Lipinski definition) is 5. The Kier molecular flexibility index (Phi) is 4.63. The fourth-order valence-electron chi connectivity index (χ4n) is 1.87. The van der Waals surface area contributed by atoms with Crippen LogP contribution in [0, 0.1) is 0 Å². The summed E-state index contributed by atoms with van der Waals surface area (Å²) in [6, 6.07) is 5.98. The fourth-order valence-corrected chi connectivity index (χ4v) is 1.87. The van der Waals surface area contributed by atoms with Crippen LogP contribution in [0.3, 0.4) is 0 Å². The van der Waals surface area contributed by atoms with Crippen LogP contribution in [0.15, 0.2) is 28.9 Å². The van der Waals surface area contributed by atoms with Crippen molar-refractivity contribution in [3.8, 4) is 23.0 Å². The SMILES string of the molecule is COc1cccc(OC)c1-c1nc(CNC(C)C)co1. The molecular formula is C15H20N2O3. The molecule has 5 heteroatoms. The fraction of sp³-hybridized carbons (Fsp3) is 0.400. The molecule has 0 radical (unpaired) electrons.